The molecule has 2 rings (SSSR count). The van der Waals surface area contributed by atoms with Crippen LogP contribution in [0.4, 0.5) is 10.5 Å². The maximum Gasteiger partial charge on any atom is 0.315 e. The van der Waals surface area contributed by atoms with Gasteiger partial charge in [0.25, 0.3) is 0 Å². The second-order valence-corrected chi connectivity index (χ2v) is 6.08. The van der Waals surface area contributed by atoms with Crippen molar-refractivity contribution in [3.63, 3.8) is 0 Å². The molecular formula is C17H28N4O. The van der Waals surface area contributed by atoms with E-state index < -0.39 is 0 Å². The fraction of sp³-hybridized carbons (Fsp3) is 0.588. The Morgan fingerprint density at radius 3 is 2.68 bits per heavy atom. The van der Waals surface area contributed by atoms with E-state index >= 15 is 0 Å². The summed E-state index contributed by atoms with van der Waals surface area (Å²) in [6.45, 7) is 4.55. The van der Waals surface area contributed by atoms with Crippen molar-refractivity contribution in [2.24, 2.45) is 0 Å². The number of hydrogen-bond acceptors (Lipinski definition) is 3. The Morgan fingerprint density at radius 2 is 1.95 bits per heavy atom. The molecule has 1 aliphatic rings. The zero-order chi connectivity index (χ0) is 15.8. The van der Waals surface area contributed by atoms with E-state index in [1.54, 1.807) is 0 Å². The Morgan fingerprint density at radius 1 is 1.18 bits per heavy atom. The molecule has 122 valence electrons. The van der Waals surface area contributed by atoms with Crippen LogP contribution in [0.25, 0.3) is 0 Å². The van der Waals surface area contributed by atoms with E-state index in [1.807, 2.05) is 26.2 Å². The largest absolute Gasteiger partial charge is 0.378 e. The summed E-state index contributed by atoms with van der Waals surface area (Å²) in [4.78, 5) is 16.3. The molecule has 1 aromatic rings. The lowest BCUT2D eigenvalue weighted by atomic mass is 10.1. The average Bonchev–Trinajstić information content (AvgIpc) is 2.54. The van der Waals surface area contributed by atoms with Gasteiger partial charge in [0.05, 0.1) is 0 Å². The van der Waals surface area contributed by atoms with Crippen molar-refractivity contribution in [2.45, 2.75) is 25.8 Å². The van der Waals surface area contributed by atoms with Gasteiger partial charge in [0.2, 0.25) is 0 Å². The Bertz CT molecular complexity index is 469. The highest BCUT2D eigenvalue weighted by atomic mass is 16.2. The van der Waals surface area contributed by atoms with E-state index in [2.05, 4.69) is 32.6 Å². The first-order valence-electron chi connectivity index (χ1n) is 8.15. The molecule has 1 heterocycles. The minimum Gasteiger partial charge on any atom is -0.378 e. The van der Waals surface area contributed by atoms with E-state index in [9.17, 15) is 4.79 Å². The number of amides is 2. The number of carbonyl (C=O) groups excluding carboxylic acids is 1. The fourth-order valence-electron chi connectivity index (χ4n) is 2.70. The molecule has 1 aromatic carbocycles. The van der Waals surface area contributed by atoms with Crippen molar-refractivity contribution in [1.29, 1.82) is 0 Å². The molecule has 0 atom stereocenters. The van der Waals surface area contributed by atoms with Crippen molar-refractivity contribution >= 4 is 11.7 Å². The number of rotatable bonds is 6. The topological polar surface area (TPSA) is 47.6 Å². The highest BCUT2D eigenvalue weighted by Crippen LogP contribution is 2.13. The Balaban J connectivity index is 1.65. The van der Waals surface area contributed by atoms with Crippen LogP contribution in [0.5, 0.6) is 0 Å². The van der Waals surface area contributed by atoms with E-state index in [0.717, 1.165) is 17.8 Å². The standard InChI is InChI=1S/C17H28N4O/c1-20(2)16-8-6-7-15(13-16)14-19-17(22)18-9-12-21-10-4-3-5-11-21/h6-8,13H,3-5,9-12,14H2,1-2H3,(H2,18,19,22). The average molecular weight is 304 g/mol. The minimum absolute atomic E-state index is 0.0905. The van der Waals surface area contributed by atoms with Crippen LogP contribution in [0.2, 0.25) is 0 Å². The lowest BCUT2D eigenvalue weighted by Gasteiger charge is -2.26. The van der Waals surface area contributed by atoms with Gasteiger partial charge in [-0.05, 0) is 43.6 Å². The van der Waals surface area contributed by atoms with Crippen LogP contribution >= 0.6 is 0 Å². The summed E-state index contributed by atoms with van der Waals surface area (Å²) in [5, 5.41) is 5.85. The summed E-state index contributed by atoms with van der Waals surface area (Å²) in [6, 6.07) is 8.10. The van der Waals surface area contributed by atoms with Crippen LogP contribution < -0.4 is 15.5 Å². The SMILES string of the molecule is CN(C)c1cccc(CNC(=O)NCCN2CCCCC2)c1. The molecule has 1 aliphatic heterocycles. The maximum absolute atomic E-state index is 11.8. The molecular weight excluding hydrogens is 276 g/mol. The van der Waals surface area contributed by atoms with E-state index in [4.69, 9.17) is 0 Å². The first-order chi connectivity index (χ1) is 10.6. The summed E-state index contributed by atoms with van der Waals surface area (Å²) in [6.07, 6.45) is 3.92. The van der Waals surface area contributed by atoms with Crippen molar-refractivity contribution < 1.29 is 4.79 Å². The number of piperidine rings is 1. The van der Waals surface area contributed by atoms with Gasteiger partial charge in [-0.1, -0.05) is 18.6 Å². The molecule has 5 nitrogen and oxygen atoms in total. The third kappa shape index (κ3) is 5.56. The second kappa shape index (κ2) is 8.63. The van der Waals surface area contributed by atoms with Gasteiger partial charge in [0.1, 0.15) is 0 Å². The quantitative estimate of drug-likeness (QED) is 0.845. The van der Waals surface area contributed by atoms with Crippen molar-refractivity contribution in [3.05, 3.63) is 29.8 Å². The Labute approximate surface area is 133 Å². The number of nitrogens with zero attached hydrogens (tertiary/aromatic N) is 2. The molecule has 0 aliphatic carbocycles. The summed E-state index contributed by atoms with van der Waals surface area (Å²) >= 11 is 0. The van der Waals surface area contributed by atoms with Crippen LogP contribution in [0.3, 0.4) is 0 Å². The van der Waals surface area contributed by atoms with Crippen LogP contribution in [0.15, 0.2) is 24.3 Å². The predicted octanol–water partition coefficient (Wildman–Crippen LogP) is 2.04. The van der Waals surface area contributed by atoms with E-state index in [-0.39, 0.29) is 6.03 Å². The normalized spacial score (nSPS) is 15.4. The van der Waals surface area contributed by atoms with Gasteiger partial charge < -0.3 is 20.4 Å². The molecule has 1 fully saturated rings. The monoisotopic (exact) mass is 304 g/mol. The van der Waals surface area contributed by atoms with Crippen molar-refractivity contribution in [3.8, 4) is 0 Å². The van der Waals surface area contributed by atoms with Crippen molar-refractivity contribution in [2.75, 3.05) is 45.2 Å². The Kier molecular flexibility index (Phi) is 6.52. The number of urea groups is 1. The number of likely N-dealkylation sites (tertiary alicyclic amines) is 1. The summed E-state index contributed by atoms with van der Waals surface area (Å²) in [5.74, 6) is 0. The number of benzene rings is 1. The Hall–Kier alpha value is -1.75. The zero-order valence-corrected chi connectivity index (χ0v) is 13.8. The lowest BCUT2D eigenvalue weighted by Crippen LogP contribution is -2.41. The molecule has 22 heavy (non-hydrogen) atoms. The zero-order valence-electron chi connectivity index (χ0n) is 13.8. The highest BCUT2D eigenvalue weighted by molar-refractivity contribution is 5.73. The smallest absolute Gasteiger partial charge is 0.315 e. The number of hydrogen-bond donors (Lipinski definition) is 2. The van der Waals surface area contributed by atoms with Gasteiger partial charge in [-0.3, -0.25) is 0 Å². The predicted molar refractivity (Wildman–Crippen MR) is 91.3 cm³/mol. The molecule has 0 spiro atoms. The van der Waals surface area contributed by atoms with Crippen LogP contribution in [0.1, 0.15) is 24.8 Å². The van der Waals surface area contributed by atoms with E-state index in [1.165, 1.54) is 32.4 Å². The molecule has 0 unspecified atom stereocenters. The van der Waals surface area contributed by atoms with Gasteiger partial charge in [-0.2, -0.15) is 0 Å². The lowest BCUT2D eigenvalue weighted by molar-refractivity contribution is 0.220. The van der Waals surface area contributed by atoms with Crippen molar-refractivity contribution in [1.82, 2.24) is 15.5 Å². The molecule has 0 radical (unpaired) electrons. The number of carbonyl (C=O) groups is 1. The van der Waals surface area contributed by atoms with Crippen LogP contribution in [0, 0.1) is 0 Å². The maximum atomic E-state index is 11.8. The molecule has 0 aromatic heterocycles. The van der Waals surface area contributed by atoms with Gasteiger partial charge in [-0.25, -0.2) is 4.79 Å². The van der Waals surface area contributed by atoms with Gasteiger partial charge >= 0.3 is 6.03 Å². The minimum atomic E-state index is -0.0905. The summed E-state index contributed by atoms with van der Waals surface area (Å²) < 4.78 is 0. The molecule has 1 saturated heterocycles. The molecule has 0 saturated carbocycles. The third-order valence-electron chi connectivity index (χ3n) is 4.04. The molecule has 2 amide bonds. The van der Waals surface area contributed by atoms with E-state index in [0.29, 0.717) is 13.1 Å². The molecule has 2 N–H and O–H groups in total. The first kappa shape index (κ1) is 16.6. The van der Waals surface area contributed by atoms with Gasteiger partial charge in [-0.15, -0.1) is 0 Å². The second-order valence-electron chi connectivity index (χ2n) is 6.08. The van der Waals surface area contributed by atoms with Crippen LogP contribution in [-0.2, 0) is 6.54 Å². The first-order valence-corrected chi connectivity index (χ1v) is 8.15. The van der Waals surface area contributed by atoms with Crippen LogP contribution in [-0.4, -0.2) is 51.2 Å². The van der Waals surface area contributed by atoms with Gasteiger partial charge in [0.15, 0.2) is 0 Å². The third-order valence-corrected chi connectivity index (χ3v) is 4.04. The number of nitrogens with one attached hydrogen (secondary N) is 2. The molecule has 0 bridgehead atoms. The van der Waals surface area contributed by atoms with Gasteiger partial charge in [0, 0.05) is 39.4 Å². The highest BCUT2D eigenvalue weighted by Gasteiger charge is 2.09. The number of anilines is 1. The fourth-order valence-corrected chi connectivity index (χ4v) is 2.70. The molecule has 5 heteroatoms. The summed E-state index contributed by atoms with van der Waals surface area (Å²) in [5.41, 5.74) is 2.25. The summed E-state index contributed by atoms with van der Waals surface area (Å²) in [7, 11) is 4.03.